The van der Waals surface area contributed by atoms with Gasteiger partial charge in [-0.05, 0) is 51.1 Å². The first-order valence-corrected chi connectivity index (χ1v) is 12.8. The number of ether oxygens (including phenoxy) is 1. The van der Waals surface area contributed by atoms with Gasteiger partial charge < -0.3 is 13.6 Å². The fourth-order valence-corrected chi connectivity index (χ4v) is 5.37. The number of nitriles is 1. The number of aryl methyl sites for hydroxylation is 1. The van der Waals surface area contributed by atoms with Gasteiger partial charge in [-0.2, -0.15) is 5.26 Å². The predicted octanol–water partition coefficient (Wildman–Crippen LogP) is 6.28. The van der Waals surface area contributed by atoms with Gasteiger partial charge in [-0.15, -0.1) is 0 Å². The van der Waals surface area contributed by atoms with E-state index in [1.807, 2.05) is 53.1 Å². The van der Waals surface area contributed by atoms with Gasteiger partial charge in [-0.25, -0.2) is 9.78 Å². The maximum Gasteiger partial charge on any atom is 0.519 e. The number of thioether (sulfide) groups is 1. The topological polar surface area (TPSA) is 111 Å². The molecule has 10 heteroatoms. The van der Waals surface area contributed by atoms with E-state index >= 15 is 0 Å². The largest absolute Gasteiger partial charge is 0.519 e. The lowest BCUT2D eigenvalue weighted by Gasteiger charge is -2.22. The third-order valence-electron chi connectivity index (χ3n) is 5.86. The van der Waals surface area contributed by atoms with Crippen LogP contribution in [0.4, 0.5) is 0 Å². The molecule has 37 heavy (non-hydrogen) atoms. The molecule has 0 atom stereocenters. The summed E-state index contributed by atoms with van der Waals surface area (Å²) in [6, 6.07) is 19.4. The molecule has 0 unspecified atom stereocenters. The summed E-state index contributed by atoms with van der Waals surface area (Å²) >= 11 is 4.76. The number of esters is 1. The normalized spacial score (nSPS) is 11.6. The first-order valence-electron chi connectivity index (χ1n) is 11.2. The summed E-state index contributed by atoms with van der Waals surface area (Å²) in [5.74, 6) is -0.916. The molecule has 5 rings (SSSR count). The van der Waals surface area contributed by atoms with Crippen LogP contribution in [0.25, 0.3) is 27.5 Å². The highest BCUT2D eigenvalue weighted by Gasteiger charge is 2.34. The van der Waals surface area contributed by atoms with Gasteiger partial charge in [0.2, 0.25) is 0 Å². The number of benzene rings is 3. The van der Waals surface area contributed by atoms with Crippen LogP contribution in [0, 0.1) is 18.3 Å². The van der Waals surface area contributed by atoms with Crippen LogP contribution in [-0.2, 0) is 16.1 Å². The van der Waals surface area contributed by atoms with E-state index in [0.29, 0.717) is 10.7 Å². The Morgan fingerprint density at radius 1 is 1.16 bits per heavy atom. The Bertz CT molecular complexity index is 1780. The highest BCUT2D eigenvalue weighted by Crippen LogP contribution is 2.39. The second-order valence-corrected chi connectivity index (χ2v) is 11.3. The van der Waals surface area contributed by atoms with Crippen molar-refractivity contribution in [2.75, 3.05) is 0 Å². The van der Waals surface area contributed by atoms with Crippen LogP contribution in [0.2, 0.25) is 0 Å². The smallest absolute Gasteiger partial charge is 0.456 e. The number of carbonyl (C=O) groups is 1. The summed E-state index contributed by atoms with van der Waals surface area (Å²) in [5, 5.41) is 11.9. The van der Waals surface area contributed by atoms with Gasteiger partial charge in [-0.3, -0.25) is 9.36 Å². The zero-order valence-corrected chi connectivity index (χ0v) is 22.5. The summed E-state index contributed by atoms with van der Waals surface area (Å²) in [4.78, 5) is 29.2. The van der Waals surface area contributed by atoms with Gasteiger partial charge in [0.05, 0.1) is 28.4 Å². The van der Waals surface area contributed by atoms with Gasteiger partial charge in [0, 0.05) is 15.2 Å². The van der Waals surface area contributed by atoms with E-state index in [4.69, 9.17) is 18.6 Å². The maximum absolute atomic E-state index is 13.1. The van der Waals surface area contributed by atoms with Crippen molar-refractivity contribution in [3.8, 4) is 11.8 Å². The van der Waals surface area contributed by atoms with Gasteiger partial charge in [-0.1, -0.05) is 52.0 Å². The highest BCUT2D eigenvalue weighted by molar-refractivity contribution is 9.10. The Labute approximate surface area is 224 Å². The molecular weight excluding hydrogens is 558 g/mol. The molecule has 0 aliphatic heterocycles. The van der Waals surface area contributed by atoms with Crippen LogP contribution < -0.4 is 5.82 Å². The Morgan fingerprint density at radius 2 is 1.92 bits per heavy atom. The van der Waals surface area contributed by atoms with E-state index in [9.17, 15) is 14.9 Å². The van der Waals surface area contributed by atoms with Crippen LogP contribution in [0.1, 0.15) is 30.9 Å². The van der Waals surface area contributed by atoms with E-state index in [1.165, 1.54) is 11.8 Å². The third-order valence-corrected chi connectivity index (χ3v) is 7.48. The van der Waals surface area contributed by atoms with Crippen molar-refractivity contribution in [1.29, 1.82) is 5.26 Å². The molecule has 2 heterocycles. The molecule has 0 aliphatic carbocycles. The molecule has 8 nitrogen and oxygen atoms in total. The summed E-state index contributed by atoms with van der Waals surface area (Å²) < 4.78 is 17.1. The monoisotopic (exact) mass is 577 g/mol. The molecular formula is C27H20BrN3O5S. The van der Waals surface area contributed by atoms with Crippen molar-refractivity contribution >= 4 is 55.5 Å². The van der Waals surface area contributed by atoms with E-state index in [2.05, 4.69) is 22.0 Å². The fourth-order valence-electron chi connectivity index (χ4n) is 3.99. The lowest BCUT2D eigenvalue weighted by Crippen LogP contribution is -2.30. The molecule has 3 aromatic carbocycles. The van der Waals surface area contributed by atoms with Crippen LogP contribution in [-0.4, -0.2) is 20.3 Å². The number of halogens is 1. The van der Waals surface area contributed by atoms with Crippen LogP contribution in [0.15, 0.2) is 77.9 Å². The molecule has 5 aromatic rings. The third kappa shape index (κ3) is 4.68. The van der Waals surface area contributed by atoms with E-state index in [-0.39, 0.29) is 18.1 Å². The maximum atomic E-state index is 13.1. The van der Waals surface area contributed by atoms with Crippen molar-refractivity contribution in [3.05, 3.63) is 86.8 Å². The average molecular weight is 578 g/mol. The van der Waals surface area contributed by atoms with Crippen LogP contribution >= 0.6 is 27.7 Å². The summed E-state index contributed by atoms with van der Waals surface area (Å²) in [6.07, 6.45) is 0. The van der Waals surface area contributed by atoms with Gasteiger partial charge >= 0.3 is 11.8 Å². The number of fused-ring (bicyclic) bond motifs is 2. The molecule has 0 N–H and O–H groups in total. The standard InChI is InChI=1S/C27H20BrN3O5S/c1-15-23(36-26(33)35-15)14-34-24(32)27(2,3)37-25-30-20-12-17(28)9-11-22(20)31(25)21-10-8-16(13-29)18-6-4-5-7-19(18)21/h4-12H,14H2,1-3H3. The average Bonchev–Trinajstić information content (AvgIpc) is 3.38. The molecule has 0 amide bonds. The van der Waals surface area contributed by atoms with Crippen molar-refractivity contribution in [2.24, 2.45) is 0 Å². The molecule has 0 fully saturated rings. The number of hydrogen-bond donors (Lipinski definition) is 0. The second kappa shape index (κ2) is 9.57. The number of aromatic nitrogens is 2. The van der Waals surface area contributed by atoms with Gasteiger partial charge in [0.15, 0.2) is 23.3 Å². The highest BCUT2D eigenvalue weighted by atomic mass is 79.9. The van der Waals surface area contributed by atoms with E-state index < -0.39 is 16.5 Å². The number of nitrogens with zero attached hydrogens (tertiary/aromatic N) is 3. The van der Waals surface area contributed by atoms with Crippen molar-refractivity contribution in [3.63, 3.8) is 0 Å². The first-order chi connectivity index (χ1) is 17.7. The predicted molar refractivity (Wildman–Crippen MR) is 143 cm³/mol. The minimum absolute atomic E-state index is 0.167. The van der Waals surface area contributed by atoms with Crippen LogP contribution in [0.3, 0.4) is 0 Å². The molecule has 0 aliphatic rings. The summed E-state index contributed by atoms with van der Waals surface area (Å²) in [5.41, 5.74) is 3.00. The quantitative estimate of drug-likeness (QED) is 0.171. The fraction of sp³-hybridized carbons (Fsp3) is 0.185. The van der Waals surface area contributed by atoms with Crippen molar-refractivity contribution < 1.29 is 18.4 Å². The molecule has 0 saturated carbocycles. The SMILES string of the molecule is Cc1oc(=O)oc1COC(=O)C(C)(C)Sc1nc2cc(Br)ccc2n1-c1ccc(C#N)c2ccccc12. The molecule has 2 aromatic heterocycles. The minimum atomic E-state index is -1.04. The van der Waals surface area contributed by atoms with Crippen molar-refractivity contribution in [1.82, 2.24) is 9.55 Å². The number of imidazole rings is 1. The molecule has 186 valence electrons. The van der Waals surface area contributed by atoms with E-state index in [1.54, 1.807) is 26.8 Å². The molecule has 0 radical (unpaired) electrons. The number of hydrogen-bond acceptors (Lipinski definition) is 8. The van der Waals surface area contributed by atoms with Gasteiger partial charge in [0.1, 0.15) is 4.75 Å². The summed E-state index contributed by atoms with van der Waals surface area (Å²) in [7, 11) is 0. The zero-order valence-electron chi connectivity index (χ0n) is 20.1. The lowest BCUT2D eigenvalue weighted by atomic mass is 10.0. The zero-order chi connectivity index (χ0) is 26.3. The van der Waals surface area contributed by atoms with Crippen LogP contribution in [0.5, 0.6) is 0 Å². The number of carbonyl (C=O) groups excluding carboxylic acids is 1. The van der Waals surface area contributed by atoms with E-state index in [0.717, 1.165) is 32.0 Å². The molecule has 0 spiro atoms. The second-order valence-electron chi connectivity index (χ2n) is 8.77. The van der Waals surface area contributed by atoms with Gasteiger partial charge in [0.25, 0.3) is 0 Å². The Balaban J connectivity index is 1.57. The number of rotatable bonds is 6. The molecule has 0 bridgehead atoms. The molecule has 0 saturated heterocycles. The Kier molecular flexibility index (Phi) is 6.43. The lowest BCUT2D eigenvalue weighted by molar-refractivity contribution is -0.147. The first kappa shape index (κ1) is 24.9. The summed E-state index contributed by atoms with van der Waals surface area (Å²) in [6.45, 7) is 4.84. The Morgan fingerprint density at radius 3 is 2.62 bits per heavy atom. The van der Waals surface area contributed by atoms with Crippen molar-refractivity contribution in [2.45, 2.75) is 37.3 Å². The minimum Gasteiger partial charge on any atom is -0.456 e. The Hall–Kier alpha value is -3.81.